The molecule has 20 heavy (non-hydrogen) atoms. The molecule has 0 bridgehead atoms. The molecule has 3 rings (SSSR count). The number of nitrogens with zero attached hydrogens (tertiary/aromatic N) is 2. The standard InChI is InChI=1S/C15H15N3OS/c16-9-12-4-2-1-3-11(12)7-14(19)8-13-10-18-5-6-20-15(18)17-13/h1-6,10H,7-9,16H2. The van der Waals surface area contributed by atoms with E-state index in [1.807, 2.05) is 46.4 Å². The van der Waals surface area contributed by atoms with E-state index < -0.39 is 0 Å². The van der Waals surface area contributed by atoms with Crippen molar-refractivity contribution in [2.45, 2.75) is 19.4 Å². The number of nitrogens with two attached hydrogens (primary N) is 1. The number of aromatic nitrogens is 2. The van der Waals surface area contributed by atoms with Crippen LogP contribution in [0.2, 0.25) is 0 Å². The summed E-state index contributed by atoms with van der Waals surface area (Å²) >= 11 is 1.57. The van der Waals surface area contributed by atoms with Gasteiger partial charge in [0, 0.05) is 30.7 Å². The fourth-order valence-electron chi connectivity index (χ4n) is 2.27. The van der Waals surface area contributed by atoms with Gasteiger partial charge in [-0.3, -0.25) is 9.20 Å². The van der Waals surface area contributed by atoms with Crippen LogP contribution in [0, 0.1) is 0 Å². The number of hydrogen-bond donors (Lipinski definition) is 1. The van der Waals surface area contributed by atoms with Gasteiger partial charge in [0.25, 0.3) is 0 Å². The predicted octanol–water partition coefficient (Wildman–Crippen LogP) is 2.21. The van der Waals surface area contributed by atoms with Gasteiger partial charge in [0.1, 0.15) is 5.78 Å². The Kier molecular flexibility index (Phi) is 3.62. The lowest BCUT2D eigenvalue weighted by molar-refractivity contribution is -0.117. The molecule has 0 radical (unpaired) electrons. The highest BCUT2D eigenvalue weighted by molar-refractivity contribution is 7.15. The first kappa shape index (κ1) is 13.0. The fourth-order valence-corrected chi connectivity index (χ4v) is 2.99. The summed E-state index contributed by atoms with van der Waals surface area (Å²) in [5.74, 6) is 0.164. The second kappa shape index (κ2) is 5.56. The lowest BCUT2D eigenvalue weighted by Crippen LogP contribution is -2.10. The Morgan fingerprint density at radius 3 is 2.80 bits per heavy atom. The topological polar surface area (TPSA) is 60.4 Å². The minimum absolute atomic E-state index is 0.164. The minimum Gasteiger partial charge on any atom is -0.326 e. The second-order valence-electron chi connectivity index (χ2n) is 4.69. The van der Waals surface area contributed by atoms with E-state index in [2.05, 4.69) is 4.98 Å². The van der Waals surface area contributed by atoms with Gasteiger partial charge in [-0.15, -0.1) is 11.3 Å². The van der Waals surface area contributed by atoms with Gasteiger partial charge in [-0.05, 0) is 11.1 Å². The van der Waals surface area contributed by atoms with E-state index in [0.717, 1.165) is 21.8 Å². The highest BCUT2D eigenvalue weighted by Gasteiger charge is 2.11. The van der Waals surface area contributed by atoms with E-state index in [1.54, 1.807) is 11.3 Å². The van der Waals surface area contributed by atoms with Crippen molar-refractivity contribution in [1.82, 2.24) is 9.38 Å². The lowest BCUT2D eigenvalue weighted by atomic mass is 10.0. The van der Waals surface area contributed by atoms with Crippen LogP contribution in [-0.4, -0.2) is 15.2 Å². The summed E-state index contributed by atoms with van der Waals surface area (Å²) in [6, 6.07) is 7.81. The predicted molar refractivity (Wildman–Crippen MR) is 79.8 cm³/mol. The fraction of sp³-hybridized carbons (Fsp3) is 0.200. The summed E-state index contributed by atoms with van der Waals surface area (Å²) in [7, 11) is 0. The zero-order valence-corrected chi connectivity index (χ0v) is 11.8. The Labute approximate surface area is 120 Å². The Hall–Kier alpha value is -1.98. The molecule has 5 heteroatoms. The van der Waals surface area contributed by atoms with E-state index in [9.17, 15) is 4.79 Å². The Balaban J connectivity index is 1.72. The molecule has 2 heterocycles. The molecule has 3 aromatic rings. The van der Waals surface area contributed by atoms with Crippen molar-refractivity contribution in [1.29, 1.82) is 0 Å². The minimum atomic E-state index is 0.164. The number of Topliss-reactive ketones (excluding diaryl/α,β-unsaturated/α-hetero) is 1. The van der Waals surface area contributed by atoms with Crippen molar-refractivity contribution in [3.63, 3.8) is 0 Å². The monoisotopic (exact) mass is 285 g/mol. The third-order valence-electron chi connectivity index (χ3n) is 3.25. The molecular weight excluding hydrogens is 270 g/mol. The number of rotatable bonds is 5. The molecule has 0 aliphatic carbocycles. The summed E-state index contributed by atoms with van der Waals surface area (Å²) in [5, 5.41) is 1.98. The van der Waals surface area contributed by atoms with Gasteiger partial charge in [0.15, 0.2) is 4.96 Å². The van der Waals surface area contributed by atoms with Crippen LogP contribution >= 0.6 is 11.3 Å². The number of carbonyl (C=O) groups is 1. The summed E-state index contributed by atoms with van der Waals surface area (Å²) in [6.07, 6.45) is 4.65. The Morgan fingerprint density at radius 1 is 1.25 bits per heavy atom. The molecule has 0 aliphatic heterocycles. The van der Waals surface area contributed by atoms with Crippen LogP contribution in [0.25, 0.3) is 4.96 Å². The van der Waals surface area contributed by atoms with Crippen molar-refractivity contribution in [2.24, 2.45) is 5.73 Å². The van der Waals surface area contributed by atoms with Crippen LogP contribution in [-0.2, 0) is 24.2 Å². The zero-order chi connectivity index (χ0) is 13.9. The lowest BCUT2D eigenvalue weighted by Gasteiger charge is -2.06. The van der Waals surface area contributed by atoms with Gasteiger partial charge in [-0.1, -0.05) is 24.3 Å². The molecule has 0 fully saturated rings. The Morgan fingerprint density at radius 2 is 2.05 bits per heavy atom. The summed E-state index contributed by atoms with van der Waals surface area (Å²) in [6.45, 7) is 0.462. The normalized spacial score (nSPS) is 11.1. The molecule has 0 unspecified atom stereocenters. The van der Waals surface area contributed by atoms with Gasteiger partial charge in [0.05, 0.1) is 12.1 Å². The maximum atomic E-state index is 12.2. The zero-order valence-electron chi connectivity index (χ0n) is 11.0. The smallest absolute Gasteiger partial charge is 0.193 e. The van der Waals surface area contributed by atoms with E-state index >= 15 is 0 Å². The van der Waals surface area contributed by atoms with Crippen LogP contribution in [0.15, 0.2) is 42.0 Å². The number of benzene rings is 1. The SMILES string of the molecule is NCc1ccccc1CC(=O)Cc1cn2ccsc2n1. The van der Waals surface area contributed by atoms with E-state index in [4.69, 9.17) is 5.73 Å². The Bertz CT molecular complexity index is 716. The van der Waals surface area contributed by atoms with Gasteiger partial charge < -0.3 is 5.73 Å². The molecule has 0 saturated carbocycles. The van der Waals surface area contributed by atoms with Crippen LogP contribution in [0.1, 0.15) is 16.8 Å². The van der Waals surface area contributed by atoms with Crippen molar-refractivity contribution in [2.75, 3.05) is 0 Å². The first-order valence-electron chi connectivity index (χ1n) is 6.46. The van der Waals surface area contributed by atoms with Crippen molar-refractivity contribution < 1.29 is 4.79 Å². The van der Waals surface area contributed by atoms with E-state index in [0.29, 0.717) is 19.4 Å². The van der Waals surface area contributed by atoms with Crippen LogP contribution in [0.4, 0.5) is 0 Å². The maximum Gasteiger partial charge on any atom is 0.193 e. The molecule has 1 aromatic carbocycles. The number of ketones is 1. The average Bonchev–Trinajstić information content (AvgIpc) is 3.00. The molecule has 0 saturated heterocycles. The van der Waals surface area contributed by atoms with Crippen molar-refractivity contribution in [3.8, 4) is 0 Å². The van der Waals surface area contributed by atoms with Gasteiger partial charge >= 0.3 is 0 Å². The summed E-state index contributed by atoms with van der Waals surface area (Å²) < 4.78 is 1.95. The van der Waals surface area contributed by atoms with E-state index in [-0.39, 0.29) is 5.78 Å². The summed E-state index contributed by atoms with van der Waals surface area (Å²) in [4.78, 5) is 17.5. The third kappa shape index (κ3) is 2.64. The van der Waals surface area contributed by atoms with Crippen LogP contribution < -0.4 is 5.73 Å². The van der Waals surface area contributed by atoms with Crippen LogP contribution in [0.3, 0.4) is 0 Å². The average molecular weight is 285 g/mol. The van der Waals surface area contributed by atoms with Crippen molar-refractivity contribution in [3.05, 3.63) is 58.9 Å². The number of fused-ring (bicyclic) bond motifs is 1. The molecule has 0 atom stereocenters. The molecule has 0 amide bonds. The quantitative estimate of drug-likeness (QED) is 0.782. The molecule has 0 spiro atoms. The van der Waals surface area contributed by atoms with Gasteiger partial charge in [-0.25, -0.2) is 4.98 Å². The second-order valence-corrected chi connectivity index (χ2v) is 5.56. The first-order chi connectivity index (χ1) is 9.76. The van der Waals surface area contributed by atoms with Gasteiger partial charge in [0.2, 0.25) is 0 Å². The van der Waals surface area contributed by atoms with Crippen molar-refractivity contribution >= 4 is 22.1 Å². The van der Waals surface area contributed by atoms with E-state index in [1.165, 1.54) is 0 Å². The molecule has 2 N–H and O–H groups in total. The number of thiazole rings is 1. The third-order valence-corrected chi connectivity index (χ3v) is 4.02. The molecule has 102 valence electrons. The van der Waals surface area contributed by atoms with Gasteiger partial charge in [-0.2, -0.15) is 0 Å². The van der Waals surface area contributed by atoms with Crippen LogP contribution in [0.5, 0.6) is 0 Å². The highest BCUT2D eigenvalue weighted by Crippen LogP contribution is 2.14. The maximum absolute atomic E-state index is 12.2. The highest BCUT2D eigenvalue weighted by atomic mass is 32.1. The largest absolute Gasteiger partial charge is 0.326 e. The summed E-state index contributed by atoms with van der Waals surface area (Å²) in [5.41, 5.74) is 8.57. The number of imidazole rings is 1. The molecule has 2 aromatic heterocycles. The molecular formula is C15H15N3OS. The molecule has 0 aliphatic rings. The molecule has 4 nitrogen and oxygen atoms in total. The number of hydrogen-bond acceptors (Lipinski definition) is 4. The first-order valence-corrected chi connectivity index (χ1v) is 7.34. The number of carbonyl (C=O) groups excluding carboxylic acids is 1.